The molecular weight excluding hydrogens is 428 g/mol. The summed E-state index contributed by atoms with van der Waals surface area (Å²) in [6, 6.07) is 19.4. The number of carbonyl (C=O) groups is 1. The van der Waals surface area contributed by atoms with Crippen molar-refractivity contribution in [3.05, 3.63) is 84.1 Å². The molecular formula is C24H26N2O5S. The maximum atomic E-state index is 12.7. The Balaban J connectivity index is 1.48. The minimum atomic E-state index is -3.28. The number of benzene rings is 2. The fourth-order valence-electron chi connectivity index (χ4n) is 2.96. The molecule has 0 spiro atoms. The molecule has 0 atom stereocenters. The molecule has 0 aliphatic heterocycles. The van der Waals surface area contributed by atoms with Gasteiger partial charge >= 0.3 is 0 Å². The van der Waals surface area contributed by atoms with E-state index >= 15 is 0 Å². The zero-order chi connectivity index (χ0) is 23.0. The Kier molecular flexibility index (Phi) is 7.83. The van der Waals surface area contributed by atoms with Gasteiger partial charge in [-0.2, -0.15) is 0 Å². The number of nitrogens with zero attached hydrogens (tertiary/aromatic N) is 2. The Morgan fingerprint density at radius 2 is 1.78 bits per heavy atom. The molecule has 3 rings (SSSR count). The van der Waals surface area contributed by atoms with Crippen molar-refractivity contribution in [2.45, 2.75) is 17.9 Å². The number of rotatable bonds is 10. The van der Waals surface area contributed by atoms with Crippen LogP contribution in [0.3, 0.4) is 0 Å². The van der Waals surface area contributed by atoms with Gasteiger partial charge in [0.2, 0.25) is 5.88 Å². The second kappa shape index (κ2) is 10.8. The highest BCUT2D eigenvalue weighted by molar-refractivity contribution is 7.90. The van der Waals surface area contributed by atoms with Gasteiger partial charge in [0.1, 0.15) is 12.4 Å². The lowest BCUT2D eigenvalue weighted by atomic mass is 10.2. The summed E-state index contributed by atoms with van der Waals surface area (Å²) in [6.07, 6.45) is 3.30. The topological polar surface area (TPSA) is 85.8 Å². The van der Waals surface area contributed by atoms with E-state index < -0.39 is 9.84 Å². The predicted octanol–water partition coefficient (Wildman–Crippen LogP) is 3.61. The average Bonchev–Trinajstić information content (AvgIpc) is 2.80. The third-order valence-electron chi connectivity index (χ3n) is 4.70. The summed E-state index contributed by atoms with van der Waals surface area (Å²) in [5.41, 5.74) is 1.51. The van der Waals surface area contributed by atoms with Crippen molar-refractivity contribution in [3.8, 4) is 11.6 Å². The number of carbonyl (C=O) groups excluding carboxylic acids is 1. The molecule has 0 N–H and O–H groups in total. The molecule has 0 fully saturated rings. The average molecular weight is 455 g/mol. The van der Waals surface area contributed by atoms with E-state index in [0.29, 0.717) is 43.4 Å². The molecule has 8 heteroatoms. The zero-order valence-corrected chi connectivity index (χ0v) is 18.9. The second-order valence-corrected chi connectivity index (χ2v) is 9.35. The zero-order valence-electron chi connectivity index (χ0n) is 18.1. The quantitative estimate of drug-likeness (QED) is 0.435. The third-order valence-corrected chi connectivity index (χ3v) is 5.81. The molecule has 32 heavy (non-hydrogen) atoms. The van der Waals surface area contributed by atoms with Crippen molar-refractivity contribution in [2.75, 3.05) is 26.5 Å². The summed E-state index contributed by atoms with van der Waals surface area (Å²) in [5, 5.41) is 0. The molecule has 1 amide bonds. The van der Waals surface area contributed by atoms with Gasteiger partial charge in [-0.3, -0.25) is 4.79 Å². The number of aromatic nitrogens is 1. The smallest absolute Gasteiger partial charge is 0.253 e. The van der Waals surface area contributed by atoms with Crippen molar-refractivity contribution in [2.24, 2.45) is 0 Å². The van der Waals surface area contributed by atoms with Crippen LogP contribution in [0.15, 0.2) is 77.8 Å². The monoisotopic (exact) mass is 454 g/mol. The first-order chi connectivity index (χ1) is 15.3. The molecule has 0 aliphatic rings. The third kappa shape index (κ3) is 6.81. The minimum Gasteiger partial charge on any atom is -0.493 e. The van der Waals surface area contributed by atoms with Crippen LogP contribution in [0.4, 0.5) is 0 Å². The van der Waals surface area contributed by atoms with Crippen LogP contribution < -0.4 is 9.47 Å². The SMILES string of the molecule is CN(CCCOc1cccc(S(C)(=O)=O)c1)C(=O)c1ccnc(OCc2ccccc2)c1. The Labute approximate surface area is 188 Å². The van der Waals surface area contributed by atoms with Crippen LogP contribution in [0, 0.1) is 0 Å². The normalized spacial score (nSPS) is 11.1. The van der Waals surface area contributed by atoms with E-state index in [1.54, 1.807) is 42.4 Å². The lowest BCUT2D eigenvalue weighted by Gasteiger charge is -2.17. The summed E-state index contributed by atoms with van der Waals surface area (Å²) >= 11 is 0. The van der Waals surface area contributed by atoms with Crippen molar-refractivity contribution in [1.82, 2.24) is 9.88 Å². The van der Waals surface area contributed by atoms with Gasteiger partial charge in [-0.05, 0) is 36.2 Å². The van der Waals surface area contributed by atoms with E-state index in [1.165, 1.54) is 12.1 Å². The van der Waals surface area contributed by atoms with E-state index in [2.05, 4.69) is 4.98 Å². The predicted molar refractivity (Wildman–Crippen MR) is 122 cm³/mol. The van der Waals surface area contributed by atoms with Crippen LogP contribution in [-0.4, -0.2) is 50.7 Å². The molecule has 0 saturated carbocycles. The maximum Gasteiger partial charge on any atom is 0.253 e. The fraction of sp³-hybridized carbons (Fsp3) is 0.250. The number of hydrogen-bond donors (Lipinski definition) is 0. The van der Waals surface area contributed by atoms with E-state index in [1.807, 2.05) is 30.3 Å². The summed E-state index contributed by atoms with van der Waals surface area (Å²) < 4.78 is 34.6. The summed E-state index contributed by atoms with van der Waals surface area (Å²) in [7, 11) is -1.56. The largest absolute Gasteiger partial charge is 0.493 e. The molecule has 0 aliphatic carbocycles. The standard InChI is InChI=1S/C24H26N2O5S/c1-26(14-7-15-30-21-10-6-11-22(17-21)32(2,28)29)24(27)20-12-13-25-23(16-20)31-18-19-8-4-3-5-9-19/h3-6,8-13,16-17H,7,14-15,18H2,1-2H3. The number of ether oxygens (including phenoxy) is 2. The van der Waals surface area contributed by atoms with Crippen molar-refractivity contribution in [1.29, 1.82) is 0 Å². The highest BCUT2D eigenvalue weighted by atomic mass is 32.2. The minimum absolute atomic E-state index is 0.143. The lowest BCUT2D eigenvalue weighted by Crippen LogP contribution is -2.28. The highest BCUT2D eigenvalue weighted by Gasteiger charge is 2.13. The Hall–Kier alpha value is -3.39. The van der Waals surface area contributed by atoms with Crippen LogP contribution >= 0.6 is 0 Å². The van der Waals surface area contributed by atoms with Crippen LogP contribution in [0.25, 0.3) is 0 Å². The Morgan fingerprint density at radius 3 is 2.53 bits per heavy atom. The van der Waals surface area contributed by atoms with Crippen LogP contribution in [0.1, 0.15) is 22.3 Å². The number of amides is 1. The Bertz CT molecular complexity index is 1150. The molecule has 0 bridgehead atoms. The van der Waals surface area contributed by atoms with Gasteiger partial charge in [-0.25, -0.2) is 13.4 Å². The second-order valence-electron chi connectivity index (χ2n) is 7.33. The molecule has 168 valence electrons. The first-order valence-corrected chi connectivity index (χ1v) is 12.0. The van der Waals surface area contributed by atoms with Crippen LogP contribution in [0.5, 0.6) is 11.6 Å². The fourth-order valence-corrected chi connectivity index (χ4v) is 3.62. The molecule has 1 aromatic heterocycles. The Morgan fingerprint density at radius 1 is 1.00 bits per heavy atom. The van der Waals surface area contributed by atoms with Crippen molar-refractivity contribution >= 4 is 15.7 Å². The first-order valence-electron chi connectivity index (χ1n) is 10.1. The van der Waals surface area contributed by atoms with Crippen LogP contribution in [0.2, 0.25) is 0 Å². The molecule has 3 aromatic rings. The number of pyridine rings is 1. The maximum absolute atomic E-state index is 12.7. The molecule has 7 nitrogen and oxygen atoms in total. The van der Waals surface area contributed by atoms with E-state index in [9.17, 15) is 13.2 Å². The van der Waals surface area contributed by atoms with Gasteiger partial charge in [0.05, 0.1) is 11.5 Å². The highest BCUT2D eigenvalue weighted by Crippen LogP contribution is 2.18. The van der Waals surface area contributed by atoms with E-state index in [-0.39, 0.29) is 10.8 Å². The molecule has 0 saturated heterocycles. The van der Waals surface area contributed by atoms with Gasteiger partial charge in [0.15, 0.2) is 9.84 Å². The number of hydrogen-bond acceptors (Lipinski definition) is 6. The van der Waals surface area contributed by atoms with E-state index in [4.69, 9.17) is 9.47 Å². The van der Waals surface area contributed by atoms with Gasteiger partial charge in [0, 0.05) is 37.7 Å². The lowest BCUT2D eigenvalue weighted by molar-refractivity contribution is 0.0787. The van der Waals surface area contributed by atoms with Crippen LogP contribution in [-0.2, 0) is 16.4 Å². The van der Waals surface area contributed by atoms with E-state index in [0.717, 1.165) is 11.8 Å². The number of sulfone groups is 1. The van der Waals surface area contributed by atoms with Crippen molar-refractivity contribution < 1.29 is 22.7 Å². The first kappa shape index (κ1) is 23.3. The van der Waals surface area contributed by atoms with Crippen molar-refractivity contribution in [3.63, 3.8) is 0 Å². The molecule has 2 aromatic carbocycles. The van der Waals surface area contributed by atoms with Gasteiger partial charge in [0.25, 0.3) is 5.91 Å². The van der Waals surface area contributed by atoms with Gasteiger partial charge in [-0.1, -0.05) is 36.4 Å². The van der Waals surface area contributed by atoms with Gasteiger partial charge < -0.3 is 14.4 Å². The molecule has 1 heterocycles. The summed E-state index contributed by atoms with van der Waals surface area (Å²) in [5.74, 6) is 0.731. The van der Waals surface area contributed by atoms with Gasteiger partial charge in [-0.15, -0.1) is 0 Å². The molecule has 0 radical (unpaired) electrons. The molecule has 0 unspecified atom stereocenters. The summed E-state index contributed by atoms with van der Waals surface area (Å²) in [4.78, 5) is 18.7. The summed E-state index contributed by atoms with van der Waals surface area (Å²) in [6.45, 7) is 1.21.